The normalized spacial score (nSPS) is 20.0. The number of ether oxygens (including phenoxy) is 3. The van der Waals surface area contributed by atoms with Gasteiger partial charge in [0, 0.05) is 12.1 Å². The number of hydrogen-bond donors (Lipinski definition) is 7. The number of rotatable bonds is 19. The third kappa shape index (κ3) is 9.79. The molecule has 0 saturated carbocycles. The number of carboxylic acids is 1. The largest absolute Gasteiger partial charge is 0.508 e. The molecule has 3 rings (SSSR count). The number of carbonyl (C=O) groups excluding carboxylic acids is 1. The van der Waals surface area contributed by atoms with Crippen LogP contribution in [0.2, 0.25) is 0 Å². The van der Waals surface area contributed by atoms with Gasteiger partial charge in [0.25, 0.3) is 0 Å². The Morgan fingerprint density at radius 2 is 1.41 bits per heavy atom. The number of unbranched alkanes of at least 4 members (excludes halogenated alkanes) is 8. The van der Waals surface area contributed by atoms with Crippen molar-refractivity contribution in [2.24, 2.45) is 0 Å². The van der Waals surface area contributed by atoms with Crippen molar-refractivity contribution >= 4 is 11.9 Å². The Morgan fingerprint density at radius 1 is 0.826 bits per heavy atom. The van der Waals surface area contributed by atoms with E-state index in [1.807, 2.05) is 0 Å². The second-order valence-electron chi connectivity index (χ2n) is 11.8. The highest BCUT2D eigenvalue weighted by Crippen LogP contribution is 2.36. The summed E-state index contributed by atoms with van der Waals surface area (Å²) in [6.45, 7) is 3.41. The van der Waals surface area contributed by atoms with Crippen molar-refractivity contribution in [3.63, 3.8) is 0 Å². The van der Waals surface area contributed by atoms with Crippen molar-refractivity contribution in [1.82, 2.24) is 0 Å². The first-order valence-electron chi connectivity index (χ1n) is 16.2. The van der Waals surface area contributed by atoms with Gasteiger partial charge in [0.2, 0.25) is 6.29 Å². The Kier molecular flexibility index (Phi) is 14.5. The van der Waals surface area contributed by atoms with Gasteiger partial charge in [-0.3, -0.25) is 0 Å². The van der Waals surface area contributed by atoms with Crippen molar-refractivity contribution in [3.8, 4) is 23.0 Å². The molecule has 2 aromatic carbocycles. The van der Waals surface area contributed by atoms with Gasteiger partial charge < -0.3 is 50.0 Å². The maximum Gasteiger partial charge on any atom is 0.347 e. The summed E-state index contributed by atoms with van der Waals surface area (Å²) in [6.07, 6.45) is 2.01. The molecule has 1 aliphatic heterocycles. The molecule has 12 nitrogen and oxygen atoms in total. The van der Waals surface area contributed by atoms with E-state index in [2.05, 4.69) is 13.8 Å². The van der Waals surface area contributed by atoms with Crippen molar-refractivity contribution in [2.75, 3.05) is 6.61 Å². The quantitative estimate of drug-likeness (QED) is 0.0650. The zero-order valence-electron chi connectivity index (χ0n) is 26.6. The number of phenols is 2. The number of aliphatic hydroxyl groups excluding tert-OH is 4. The van der Waals surface area contributed by atoms with E-state index in [1.54, 1.807) is 0 Å². The topological polar surface area (TPSA) is 203 Å². The van der Waals surface area contributed by atoms with E-state index in [-0.39, 0.29) is 33.9 Å². The van der Waals surface area contributed by atoms with Crippen LogP contribution in [-0.2, 0) is 17.6 Å². The van der Waals surface area contributed by atoms with Crippen molar-refractivity contribution in [1.29, 1.82) is 0 Å². The summed E-state index contributed by atoms with van der Waals surface area (Å²) in [5, 5.41) is 71.1. The molecule has 0 aromatic heterocycles. The molecule has 46 heavy (non-hydrogen) atoms. The van der Waals surface area contributed by atoms with Crippen LogP contribution in [0.3, 0.4) is 0 Å². The summed E-state index contributed by atoms with van der Waals surface area (Å²) >= 11 is 0. The minimum atomic E-state index is -1.70. The first-order valence-corrected chi connectivity index (χ1v) is 16.2. The van der Waals surface area contributed by atoms with E-state index < -0.39 is 55.0 Å². The molecule has 0 spiro atoms. The second-order valence-corrected chi connectivity index (χ2v) is 11.8. The second kappa shape index (κ2) is 18.1. The average molecular weight is 649 g/mol. The van der Waals surface area contributed by atoms with Crippen molar-refractivity contribution in [2.45, 2.75) is 122 Å². The number of benzene rings is 2. The number of aromatic hydroxyl groups is 2. The first-order chi connectivity index (χ1) is 22.0. The van der Waals surface area contributed by atoms with Crippen molar-refractivity contribution < 1.29 is 59.5 Å². The van der Waals surface area contributed by atoms with E-state index in [0.717, 1.165) is 69.9 Å². The van der Waals surface area contributed by atoms with Gasteiger partial charge in [0.15, 0.2) is 0 Å². The fraction of sp³-hybridized carbons (Fsp3) is 0.588. The molecule has 1 saturated heterocycles. The Bertz CT molecular complexity index is 1300. The van der Waals surface area contributed by atoms with E-state index >= 15 is 0 Å². The van der Waals surface area contributed by atoms with Crippen LogP contribution in [0.1, 0.15) is 110 Å². The van der Waals surface area contributed by atoms with Crippen LogP contribution in [0, 0.1) is 0 Å². The molecule has 1 heterocycles. The van der Waals surface area contributed by atoms with Crippen molar-refractivity contribution in [3.05, 3.63) is 46.5 Å². The van der Waals surface area contributed by atoms with Gasteiger partial charge in [0.05, 0.1) is 6.61 Å². The summed E-state index contributed by atoms with van der Waals surface area (Å²) in [5.74, 6) is -3.36. The zero-order valence-corrected chi connectivity index (χ0v) is 26.6. The van der Waals surface area contributed by atoms with Gasteiger partial charge in [-0.05, 0) is 48.9 Å². The third-order valence-electron chi connectivity index (χ3n) is 8.14. The summed E-state index contributed by atoms with van der Waals surface area (Å²) in [4.78, 5) is 26.0. The van der Waals surface area contributed by atoms with E-state index in [4.69, 9.17) is 14.2 Å². The molecule has 0 unspecified atom stereocenters. The van der Waals surface area contributed by atoms with E-state index in [0.29, 0.717) is 24.8 Å². The zero-order chi connectivity index (χ0) is 33.8. The number of phenolic OH excluding ortho intramolecular Hbond substituents is 2. The lowest BCUT2D eigenvalue weighted by Gasteiger charge is -2.21. The van der Waals surface area contributed by atoms with Gasteiger partial charge in [-0.2, -0.15) is 0 Å². The molecule has 1 fully saturated rings. The Labute approximate surface area is 269 Å². The van der Waals surface area contributed by atoms with E-state index in [1.165, 1.54) is 12.1 Å². The lowest BCUT2D eigenvalue weighted by atomic mass is 9.98. The van der Waals surface area contributed by atoms with Gasteiger partial charge >= 0.3 is 11.9 Å². The molecule has 2 aromatic rings. The SMILES string of the molecule is CCCCCCCc1cc(O)cc(O)c1C(=O)Oc1cc(CCCCCCC)c(C(=O)O)c(O[C@@H]2O[C@@H]([C@H](O)CO)[C@H](O)[C@H]2O)c1. The minimum absolute atomic E-state index is 0.102. The highest BCUT2D eigenvalue weighted by Gasteiger charge is 2.47. The predicted molar refractivity (Wildman–Crippen MR) is 167 cm³/mol. The van der Waals surface area contributed by atoms with Crippen LogP contribution >= 0.6 is 0 Å². The number of aromatic carboxylic acids is 1. The Morgan fingerprint density at radius 3 is 1.98 bits per heavy atom. The summed E-state index contributed by atoms with van der Waals surface area (Å²) < 4.78 is 16.9. The molecule has 0 aliphatic carbocycles. The molecule has 0 radical (unpaired) electrons. The Hall–Kier alpha value is -3.42. The number of aryl methyl sites for hydroxylation is 2. The monoisotopic (exact) mass is 648 g/mol. The molecule has 1 aliphatic rings. The van der Waals surface area contributed by atoms with Crippen LogP contribution in [-0.4, -0.2) is 85.0 Å². The first kappa shape index (κ1) is 37.0. The fourth-order valence-electron chi connectivity index (χ4n) is 5.65. The third-order valence-corrected chi connectivity index (χ3v) is 8.14. The predicted octanol–water partition coefficient (Wildman–Crippen LogP) is 4.22. The van der Waals surface area contributed by atoms with Gasteiger partial charge in [-0.15, -0.1) is 0 Å². The number of aliphatic hydroxyl groups is 4. The minimum Gasteiger partial charge on any atom is -0.508 e. The van der Waals surface area contributed by atoms with E-state index in [9.17, 15) is 45.3 Å². The van der Waals surface area contributed by atoms with Crippen LogP contribution in [0.15, 0.2) is 24.3 Å². The molecule has 0 amide bonds. The number of esters is 1. The molecule has 256 valence electrons. The molecule has 5 atom stereocenters. The Balaban J connectivity index is 1.96. The maximum atomic E-state index is 13.5. The highest BCUT2D eigenvalue weighted by molar-refractivity contribution is 5.97. The molecule has 7 N–H and O–H groups in total. The maximum absolute atomic E-state index is 13.5. The van der Waals surface area contributed by atoms with Crippen LogP contribution < -0.4 is 9.47 Å². The molecular formula is C34H48O12. The smallest absolute Gasteiger partial charge is 0.347 e. The number of carboxylic acid groups (broad SMARTS) is 1. The lowest BCUT2D eigenvalue weighted by Crippen LogP contribution is -2.40. The van der Waals surface area contributed by atoms with Crippen LogP contribution in [0.4, 0.5) is 0 Å². The fourth-order valence-corrected chi connectivity index (χ4v) is 5.65. The molecule has 12 heteroatoms. The molecular weight excluding hydrogens is 600 g/mol. The molecule has 0 bridgehead atoms. The number of carbonyl (C=O) groups is 2. The van der Waals surface area contributed by atoms with Crippen LogP contribution in [0.5, 0.6) is 23.0 Å². The van der Waals surface area contributed by atoms with Gasteiger partial charge in [-0.25, -0.2) is 9.59 Å². The standard InChI is InChI=1S/C34H48O12/c1-3-5-7-9-11-13-20-15-22(36)17-24(37)27(20)33(43)44-23-16-21(14-12-10-8-6-4-2)28(32(41)42)26(18-23)45-34-30(40)29(39)31(46-34)25(38)19-35/h15-18,25,29-31,34-40H,3-14,19H2,1-2H3,(H,41,42)/t25-,29-,30-,31+,34-/m1/s1. The van der Waals surface area contributed by atoms with Gasteiger partial charge in [-0.1, -0.05) is 65.2 Å². The van der Waals surface area contributed by atoms with Crippen LogP contribution in [0.25, 0.3) is 0 Å². The average Bonchev–Trinajstić information content (AvgIpc) is 3.28. The summed E-state index contributed by atoms with van der Waals surface area (Å²) in [7, 11) is 0. The summed E-state index contributed by atoms with van der Waals surface area (Å²) in [5.41, 5.74) is 0.304. The lowest BCUT2D eigenvalue weighted by molar-refractivity contribution is -0.137. The highest BCUT2D eigenvalue weighted by atomic mass is 16.7. The summed E-state index contributed by atoms with van der Waals surface area (Å²) in [6, 6.07) is 5.00. The number of hydrogen-bond acceptors (Lipinski definition) is 11. The van der Waals surface area contributed by atoms with Gasteiger partial charge in [0.1, 0.15) is 58.5 Å².